The molecule has 25 heavy (non-hydrogen) atoms. The quantitative estimate of drug-likeness (QED) is 0.677. The van der Waals surface area contributed by atoms with Crippen molar-refractivity contribution < 1.29 is 14.5 Å². The summed E-state index contributed by atoms with van der Waals surface area (Å²) < 4.78 is 5.31. The van der Waals surface area contributed by atoms with E-state index in [0.29, 0.717) is 30.0 Å². The van der Waals surface area contributed by atoms with Gasteiger partial charge < -0.3 is 15.0 Å². The molecule has 0 radical (unpaired) electrons. The lowest BCUT2D eigenvalue weighted by Crippen LogP contribution is -2.36. The van der Waals surface area contributed by atoms with Crippen molar-refractivity contribution in [1.29, 1.82) is 0 Å². The molecule has 1 aliphatic rings. The fourth-order valence-electron chi connectivity index (χ4n) is 2.65. The molecule has 8 heteroatoms. The number of ether oxygens (including phenoxy) is 1. The molecular formula is C17H18N4O4. The summed E-state index contributed by atoms with van der Waals surface area (Å²) in [6.07, 6.45) is 1.51. The third-order valence-electron chi connectivity index (χ3n) is 4.10. The first-order chi connectivity index (χ1) is 12.1. The Bertz CT molecular complexity index is 786. The monoisotopic (exact) mass is 342 g/mol. The molecule has 1 amide bonds. The van der Waals surface area contributed by atoms with Crippen molar-refractivity contribution in [3.63, 3.8) is 0 Å². The van der Waals surface area contributed by atoms with Crippen LogP contribution in [0.25, 0.3) is 0 Å². The first-order valence-corrected chi connectivity index (χ1v) is 7.90. The number of carbonyl (C=O) groups is 1. The van der Waals surface area contributed by atoms with E-state index in [-0.39, 0.29) is 11.6 Å². The number of nitro benzene ring substituents is 1. The lowest BCUT2D eigenvalue weighted by molar-refractivity contribution is -0.385. The normalized spacial score (nSPS) is 14.2. The number of hydrogen-bond acceptors (Lipinski definition) is 6. The number of carbonyl (C=O) groups excluding carboxylic acids is 1. The van der Waals surface area contributed by atoms with E-state index in [1.165, 1.54) is 12.3 Å². The first-order valence-electron chi connectivity index (χ1n) is 7.90. The predicted octanol–water partition coefficient (Wildman–Crippen LogP) is 2.39. The molecule has 0 atom stereocenters. The molecule has 0 bridgehead atoms. The van der Waals surface area contributed by atoms with Gasteiger partial charge in [0.05, 0.1) is 35.0 Å². The van der Waals surface area contributed by atoms with Crippen molar-refractivity contribution in [2.24, 2.45) is 0 Å². The molecule has 0 unspecified atom stereocenters. The number of rotatable bonds is 4. The highest BCUT2D eigenvalue weighted by Crippen LogP contribution is 2.25. The number of benzene rings is 1. The minimum atomic E-state index is -0.469. The van der Waals surface area contributed by atoms with E-state index in [2.05, 4.69) is 15.2 Å². The molecule has 1 saturated heterocycles. The Hall–Kier alpha value is -3.00. The Morgan fingerprint density at radius 1 is 1.28 bits per heavy atom. The van der Waals surface area contributed by atoms with E-state index in [4.69, 9.17) is 4.74 Å². The van der Waals surface area contributed by atoms with Crippen LogP contribution in [0.4, 0.5) is 17.2 Å². The van der Waals surface area contributed by atoms with Crippen LogP contribution in [0, 0.1) is 17.0 Å². The zero-order valence-electron chi connectivity index (χ0n) is 13.8. The van der Waals surface area contributed by atoms with Crippen LogP contribution in [0.5, 0.6) is 0 Å². The number of morpholine rings is 1. The van der Waals surface area contributed by atoms with Crippen molar-refractivity contribution in [3.8, 4) is 0 Å². The highest BCUT2D eigenvalue weighted by atomic mass is 16.6. The largest absolute Gasteiger partial charge is 0.378 e. The summed E-state index contributed by atoms with van der Waals surface area (Å²) in [6.45, 7) is 4.47. The number of aromatic nitrogens is 1. The van der Waals surface area contributed by atoms with Gasteiger partial charge in [-0.25, -0.2) is 4.98 Å². The Labute approximate surface area is 144 Å². The van der Waals surface area contributed by atoms with Crippen molar-refractivity contribution in [3.05, 3.63) is 57.8 Å². The molecule has 1 N–H and O–H groups in total. The second-order valence-electron chi connectivity index (χ2n) is 5.67. The van der Waals surface area contributed by atoms with Gasteiger partial charge in [-0.05, 0) is 25.1 Å². The van der Waals surface area contributed by atoms with Crippen molar-refractivity contribution in [2.75, 3.05) is 36.5 Å². The van der Waals surface area contributed by atoms with Gasteiger partial charge in [-0.2, -0.15) is 0 Å². The Morgan fingerprint density at radius 2 is 2.04 bits per heavy atom. The minimum absolute atomic E-state index is 0.0291. The van der Waals surface area contributed by atoms with Gasteiger partial charge in [0.25, 0.3) is 11.6 Å². The summed E-state index contributed by atoms with van der Waals surface area (Å²) in [7, 11) is 0. The van der Waals surface area contributed by atoms with Gasteiger partial charge in [-0.3, -0.25) is 14.9 Å². The molecule has 1 aromatic carbocycles. The molecule has 1 aromatic heterocycles. The number of amides is 1. The topological polar surface area (TPSA) is 97.6 Å². The summed E-state index contributed by atoms with van der Waals surface area (Å²) in [6, 6.07) is 8.07. The van der Waals surface area contributed by atoms with E-state index < -0.39 is 4.92 Å². The van der Waals surface area contributed by atoms with E-state index in [9.17, 15) is 14.9 Å². The molecule has 2 aromatic rings. The fourth-order valence-corrected chi connectivity index (χ4v) is 2.65. The van der Waals surface area contributed by atoms with Gasteiger partial charge in [-0.1, -0.05) is 6.07 Å². The van der Waals surface area contributed by atoms with Gasteiger partial charge >= 0.3 is 0 Å². The molecule has 1 aliphatic heterocycles. The smallest absolute Gasteiger partial charge is 0.274 e. The standard InChI is InChI=1S/C17H18N4O4/c1-12-14(3-2-4-15(12)21(23)24)19-17(22)13-5-6-16(18-11-13)20-7-9-25-10-8-20/h2-6,11H,7-10H2,1H3,(H,19,22). The highest BCUT2D eigenvalue weighted by Gasteiger charge is 2.17. The number of pyridine rings is 1. The number of nitrogens with one attached hydrogen (secondary N) is 1. The Morgan fingerprint density at radius 3 is 2.68 bits per heavy atom. The number of nitro groups is 1. The number of nitrogens with zero attached hydrogens (tertiary/aromatic N) is 3. The summed E-state index contributed by atoms with van der Waals surface area (Å²) in [5.41, 5.74) is 1.19. The molecule has 0 aliphatic carbocycles. The summed E-state index contributed by atoms with van der Waals surface area (Å²) in [4.78, 5) is 29.3. The molecule has 8 nitrogen and oxygen atoms in total. The van der Waals surface area contributed by atoms with Crippen LogP contribution in [0.3, 0.4) is 0 Å². The molecule has 3 rings (SSSR count). The van der Waals surface area contributed by atoms with Gasteiger partial charge in [0.15, 0.2) is 0 Å². The average molecular weight is 342 g/mol. The second-order valence-corrected chi connectivity index (χ2v) is 5.67. The zero-order valence-corrected chi connectivity index (χ0v) is 13.8. The first kappa shape index (κ1) is 16.8. The molecule has 1 fully saturated rings. The van der Waals surface area contributed by atoms with Gasteiger partial charge in [0.2, 0.25) is 0 Å². The van der Waals surface area contributed by atoms with Crippen LogP contribution in [-0.4, -0.2) is 42.1 Å². The minimum Gasteiger partial charge on any atom is -0.378 e. The summed E-state index contributed by atoms with van der Waals surface area (Å²) in [5.74, 6) is 0.441. The SMILES string of the molecule is Cc1c(NC(=O)c2ccc(N3CCOCC3)nc2)cccc1[N+](=O)[O-]. The molecule has 2 heterocycles. The van der Waals surface area contributed by atoms with Crippen LogP contribution in [0.15, 0.2) is 36.5 Å². The lowest BCUT2D eigenvalue weighted by atomic mass is 10.1. The van der Waals surface area contributed by atoms with Crippen LogP contribution in [-0.2, 0) is 4.74 Å². The third kappa shape index (κ3) is 3.74. The maximum atomic E-state index is 12.4. The number of hydrogen-bond donors (Lipinski definition) is 1. The molecule has 130 valence electrons. The van der Waals surface area contributed by atoms with Crippen LogP contribution >= 0.6 is 0 Å². The third-order valence-corrected chi connectivity index (χ3v) is 4.10. The summed E-state index contributed by atoms with van der Waals surface area (Å²) >= 11 is 0. The van der Waals surface area contributed by atoms with Crippen LogP contribution in [0.2, 0.25) is 0 Å². The van der Waals surface area contributed by atoms with Crippen LogP contribution < -0.4 is 10.2 Å². The van der Waals surface area contributed by atoms with Crippen LogP contribution in [0.1, 0.15) is 15.9 Å². The van der Waals surface area contributed by atoms with Crippen molar-refractivity contribution in [2.45, 2.75) is 6.92 Å². The second kappa shape index (κ2) is 7.27. The maximum absolute atomic E-state index is 12.4. The molecule has 0 saturated carbocycles. The fraction of sp³-hybridized carbons (Fsp3) is 0.294. The Balaban J connectivity index is 1.73. The zero-order chi connectivity index (χ0) is 17.8. The van der Waals surface area contributed by atoms with Crippen molar-refractivity contribution >= 4 is 23.1 Å². The lowest BCUT2D eigenvalue weighted by Gasteiger charge is -2.27. The highest BCUT2D eigenvalue weighted by molar-refractivity contribution is 6.04. The van der Waals surface area contributed by atoms with E-state index in [1.54, 1.807) is 31.2 Å². The van der Waals surface area contributed by atoms with E-state index in [0.717, 1.165) is 18.9 Å². The van der Waals surface area contributed by atoms with Crippen molar-refractivity contribution in [1.82, 2.24) is 4.98 Å². The average Bonchev–Trinajstić information content (AvgIpc) is 2.64. The van der Waals surface area contributed by atoms with E-state index in [1.807, 2.05) is 0 Å². The molecule has 0 spiro atoms. The predicted molar refractivity (Wildman–Crippen MR) is 93.1 cm³/mol. The summed E-state index contributed by atoms with van der Waals surface area (Å²) in [5, 5.41) is 13.7. The van der Waals surface area contributed by atoms with Gasteiger partial charge in [-0.15, -0.1) is 0 Å². The van der Waals surface area contributed by atoms with Gasteiger partial charge in [0.1, 0.15) is 5.82 Å². The Kier molecular flexibility index (Phi) is 4.90. The number of anilines is 2. The van der Waals surface area contributed by atoms with Gasteiger partial charge in [0, 0.05) is 25.4 Å². The van der Waals surface area contributed by atoms with E-state index >= 15 is 0 Å². The maximum Gasteiger partial charge on any atom is 0.274 e. The molecular weight excluding hydrogens is 324 g/mol.